The third kappa shape index (κ3) is 4.06. The molecule has 1 unspecified atom stereocenters. The second-order valence-electron chi connectivity index (χ2n) is 6.67. The van der Waals surface area contributed by atoms with Crippen molar-refractivity contribution in [2.45, 2.75) is 24.6 Å². The van der Waals surface area contributed by atoms with Crippen molar-refractivity contribution in [1.29, 1.82) is 0 Å². The van der Waals surface area contributed by atoms with Gasteiger partial charge in [-0.3, -0.25) is 0 Å². The maximum atomic E-state index is 13.9. The summed E-state index contributed by atoms with van der Waals surface area (Å²) in [6.07, 6.45) is -3.50. The van der Waals surface area contributed by atoms with E-state index in [1.165, 1.54) is 19.2 Å². The average Bonchev–Trinajstić information content (AvgIpc) is 3.49. The predicted octanol–water partition coefficient (Wildman–Crippen LogP) is 5.28. The molecule has 148 valence electrons. The van der Waals surface area contributed by atoms with Gasteiger partial charge < -0.3 is 14.7 Å². The first-order valence-corrected chi connectivity index (χ1v) is 9.03. The number of hydrogen-bond acceptors (Lipinski definition) is 3. The second kappa shape index (κ2) is 7.57. The molecular weight excluding hydrogens is 391 g/mol. The van der Waals surface area contributed by atoms with Gasteiger partial charge in [0.2, 0.25) is 5.60 Å². The molecule has 7 heteroatoms. The first-order valence-electron chi connectivity index (χ1n) is 8.65. The van der Waals surface area contributed by atoms with Gasteiger partial charge in [0, 0.05) is 34.9 Å². The molecule has 0 amide bonds. The summed E-state index contributed by atoms with van der Waals surface area (Å²) in [5.74, 6) is 5.15. The SMILES string of the molecule is COc1ccc(N(C)c2ccc(Cl)cc2C(O)(C#CC2CC2)C(F)(F)F)cc1. The second-order valence-corrected chi connectivity index (χ2v) is 7.11. The quantitative estimate of drug-likeness (QED) is 0.697. The van der Waals surface area contributed by atoms with Gasteiger partial charge in [-0.15, -0.1) is 0 Å². The smallest absolute Gasteiger partial charge is 0.433 e. The van der Waals surface area contributed by atoms with Crippen molar-refractivity contribution in [2.75, 3.05) is 19.1 Å². The summed E-state index contributed by atoms with van der Waals surface area (Å²) in [6, 6.07) is 10.9. The van der Waals surface area contributed by atoms with Gasteiger partial charge >= 0.3 is 6.18 Å². The summed E-state index contributed by atoms with van der Waals surface area (Å²) in [5, 5.41) is 10.8. The van der Waals surface area contributed by atoms with Crippen LogP contribution in [-0.4, -0.2) is 25.4 Å². The lowest BCUT2D eigenvalue weighted by Gasteiger charge is -2.31. The number of halogens is 4. The summed E-state index contributed by atoms with van der Waals surface area (Å²) in [6.45, 7) is 0. The van der Waals surface area contributed by atoms with Gasteiger partial charge in [-0.2, -0.15) is 13.2 Å². The molecule has 1 aliphatic carbocycles. The van der Waals surface area contributed by atoms with Gasteiger partial charge in [0.25, 0.3) is 0 Å². The topological polar surface area (TPSA) is 32.7 Å². The fourth-order valence-electron chi connectivity index (χ4n) is 2.76. The van der Waals surface area contributed by atoms with Crippen LogP contribution < -0.4 is 9.64 Å². The zero-order chi connectivity index (χ0) is 20.5. The molecule has 0 spiro atoms. The largest absolute Gasteiger partial charge is 0.497 e. The van der Waals surface area contributed by atoms with E-state index < -0.39 is 17.3 Å². The van der Waals surface area contributed by atoms with Crippen LogP contribution in [0, 0.1) is 17.8 Å². The molecule has 2 aromatic rings. The van der Waals surface area contributed by atoms with E-state index in [-0.39, 0.29) is 16.6 Å². The minimum absolute atomic E-state index is 0.0813. The number of methoxy groups -OCH3 is 1. The number of aliphatic hydroxyl groups is 1. The predicted molar refractivity (Wildman–Crippen MR) is 103 cm³/mol. The van der Waals surface area contributed by atoms with Crippen LogP contribution >= 0.6 is 11.6 Å². The van der Waals surface area contributed by atoms with Crippen molar-refractivity contribution < 1.29 is 23.0 Å². The molecule has 3 nitrogen and oxygen atoms in total. The highest BCUT2D eigenvalue weighted by Crippen LogP contribution is 2.45. The Morgan fingerprint density at radius 3 is 2.32 bits per heavy atom. The monoisotopic (exact) mass is 409 g/mol. The molecule has 0 radical (unpaired) electrons. The molecule has 1 saturated carbocycles. The molecule has 1 fully saturated rings. The zero-order valence-electron chi connectivity index (χ0n) is 15.3. The van der Waals surface area contributed by atoms with Crippen LogP contribution in [0.25, 0.3) is 0 Å². The lowest BCUT2D eigenvalue weighted by atomic mass is 9.91. The van der Waals surface area contributed by atoms with Crippen LogP contribution in [0.1, 0.15) is 18.4 Å². The Kier molecular flexibility index (Phi) is 5.51. The average molecular weight is 410 g/mol. The fraction of sp³-hybridized carbons (Fsp3) is 0.333. The Labute approximate surface area is 166 Å². The Balaban J connectivity index is 2.11. The van der Waals surface area contributed by atoms with E-state index in [0.29, 0.717) is 11.4 Å². The number of alkyl halides is 3. The number of ether oxygens (including phenoxy) is 1. The summed E-state index contributed by atoms with van der Waals surface area (Å²) in [4.78, 5) is 1.54. The molecule has 2 aromatic carbocycles. The van der Waals surface area contributed by atoms with E-state index >= 15 is 0 Å². The highest BCUT2D eigenvalue weighted by molar-refractivity contribution is 6.30. The summed E-state index contributed by atoms with van der Waals surface area (Å²) < 4.78 is 46.8. The van der Waals surface area contributed by atoms with Gasteiger partial charge in [0.15, 0.2) is 0 Å². The Morgan fingerprint density at radius 2 is 1.79 bits per heavy atom. The summed E-state index contributed by atoms with van der Waals surface area (Å²) >= 11 is 5.98. The minimum Gasteiger partial charge on any atom is -0.497 e. The molecule has 0 aliphatic heterocycles. The molecule has 1 aliphatic rings. The van der Waals surface area contributed by atoms with E-state index in [2.05, 4.69) is 11.8 Å². The van der Waals surface area contributed by atoms with Crippen molar-refractivity contribution in [3.63, 3.8) is 0 Å². The van der Waals surface area contributed by atoms with Crippen molar-refractivity contribution >= 4 is 23.0 Å². The van der Waals surface area contributed by atoms with Crippen LogP contribution in [0.3, 0.4) is 0 Å². The highest BCUT2D eigenvalue weighted by atomic mass is 35.5. The van der Waals surface area contributed by atoms with Crippen molar-refractivity contribution in [3.05, 3.63) is 53.1 Å². The van der Waals surface area contributed by atoms with Gasteiger partial charge in [0.05, 0.1) is 7.11 Å². The normalized spacial score (nSPS) is 16.0. The van der Waals surface area contributed by atoms with Crippen molar-refractivity contribution in [3.8, 4) is 17.6 Å². The lowest BCUT2D eigenvalue weighted by molar-refractivity contribution is -0.240. The zero-order valence-corrected chi connectivity index (χ0v) is 16.1. The minimum atomic E-state index is -4.99. The number of hydrogen-bond donors (Lipinski definition) is 1. The van der Waals surface area contributed by atoms with E-state index in [4.69, 9.17) is 16.3 Å². The third-order valence-electron chi connectivity index (χ3n) is 4.61. The Morgan fingerprint density at radius 1 is 1.14 bits per heavy atom. The van der Waals surface area contributed by atoms with Crippen LogP contribution in [0.2, 0.25) is 5.02 Å². The van der Waals surface area contributed by atoms with Crippen molar-refractivity contribution in [1.82, 2.24) is 0 Å². The number of benzene rings is 2. The van der Waals surface area contributed by atoms with Gasteiger partial charge in [-0.05, 0) is 55.3 Å². The van der Waals surface area contributed by atoms with E-state index in [1.54, 1.807) is 36.2 Å². The fourth-order valence-corrected chi connectivity index (χ4v) is 2.93. The molecule has 0 bridgehead atoms. The summed E-state index contributed by atoms with van der Waals surface area (Å²) in [5.41, 5.74) is -2.96. The third-order valence-corrected chi connectivity index (χ3v) is 4.85. The molecule has 28 heavy (non-hydrogen) atoms. The number of rotatable bonds is 4. The number of anilines is 2. The van der Waals surface area contributed by atoms with Crippen LogP contribution in [0.5, 0.6) is 5.75 Å². The van der Waals surface area contributed by atoms with E-state index in [9.17, 15) is 18.3 Å². The van der Waals surface area contributed by atoms with Gasteiger partial charge in [-0.1, -0.05) is 23.4 Å². The molecule has 3 rings (SSSR count). The molecule has 1 N–H and O–H groups in total. The standard InChI is InChI=1S/C21H19ClF3NO2/c1-26(16-6-8-17(28-2)9-7-16)19-10-5-15(22)13-18(19)20(27,21(23,24)25)12-11-14-3-4-14/h5-10,13-14,27H,3-4H2,1-2H3. The molecule has 0 aromatic heterocycles. The molecular formula is C21H19ClF3NO2. The molecule has 1 atom stereocenters. The lowest BCUT2D eigenvalue weighted by Crippen LogP contribution is -2.42. The molecule has 0 heterocycles. The maximum Gasteiger partial charge on any atom is 0.433 e. The highest BCUT2D eigenvalue weighted by Gasteiger charge is 2.56. The Hall–Kier alpha value is -2.36. The van der Waals surface area contributed by atoms with Gasteiger partial charge in [0.1, 0.15) is 5.75 Å². The van der Waals surface area contributed by atoms with E-state index in [0.717, 1.165) is 18.9 Å². The van der Waals surface area contributed by atoms with Gasteiger partial charge in [-0.25, -0.2) is 0 Å². The first kappa shape index (κ1) is 20.4. The van der Waals surface area contributed by atoms with Crippen LogP contribution in [-0.2, 0) is 5.60 Å². The van der Waals surface area contributed by atoms with Crippen LogP contribution in [0.4, 0.5) is 24.5 Å². The van der Waals surface area contributed by atoms with Crippen molar-refractivity contribution in [2.24, 2.45) is 5.92 Å². The van der Waals surface area contributed by atoms with E-state index in [1.807, 2.05) is 0 Å². The van der Waals surface area contributed by atoms with Crippen LogP contribution in [0.15, 0.2) is 42.5 Å². The summed E-state index contributed by atoms with van der Waals surface area (Å²) in [7, 11) is 3.14. The maximum absolute atomic E-state index is 13.9. The molecule has 0 saturated heterocycles. The number of nitrogens with zero attached hydrogens (tertiary/aromatic N) is 1. The first-order chi connectivity index (χ1) is 13.2. The Bertz CT molecular complexity index is 914.